The maximum atomic E-state index is 11.3. The quantitative estimate of drug-likeness (QED) is 0.385. The van der Waals surface area contributed by atoms with E-state index in [2.05, 4.69) is 33.9 Å². The second-order valence-corrected chi connectivity index (χ2v) is 7.71. The molecule has 0 saturated carbocycles. The number of aromatic nitrogens is 3. The molecule has 2 aromatic carbocycles. The Bertz CT molecular complexity index is 1150. The van der Waals surface area contributed by atoms with Gasteiger partial charge in [-0.3, -0.25) is 4.79 Å². The molecular formula is C24H27N5O2. The van der Waals surface area contributed by atoms with Crippen LogP contribution in [0.15, 0.2) is 73.3 Å². The number of amides is 1. The summed E-state index contributed by atoms with van der Waals surface area (Å²) in [5.74, 6) is -0.528. The summed E-state index contributed by atoms with van der Waals surface area (Å²) in [7, 11) is 0. The van der Waals surface area contributed by atoms with Crippen LogP contribution < -0.4 is 11.5 Å². The molecule has 0 radical (unpaired) electrons. The third-order valence-corrected chi connectivity index (χ3v) is 5.35. The van der Waals surface area contributed by atoms with Gasteiger partial charge in [-0.1, -0.05) is 36.4 Å². The standard InChI is InChI=1S/C24H27N5O2/c25-20-9-8-19-10-12-29(23(19)13-20)11-4-7-21(31-16-18-5-2-1-3-6-18)14-28-15-22(24(26)30)27-17-28/h1-3,5-6,8-10,12-13,15,17,21H,4,7,11,14,16,25H2,(H2,26,30). The number of nitrogens with zero attached hydrogens (tertiary/aromatic N) is 3. The molecule has 0 aliphatic rings. The van der Waals surface area contributed by atoms with Gasteiger partial charge >= 0.3 is 0 Å². The van der Waals surface area contributed by atoms with Crippen molar-refractivity contribution in [1.82, 2.24) is 14.1 Å². The average Bonchev–Trinajstić information content (AvgIpc) is 3.40. The molecule has 1 atom stereocenters. The molecule has 4 aromatic rings. The van der Waals surface area contributed by atoms with Gasteiger partial charge in [0.05, 0.1) is 24.6 Å². The average molecular weight is 418 g/mol. The molecule has 2 heterocycles. The van der Waals surface area contributed by atoms with Gasteiger partial charge in [0.25, 0.3) is 5.91 Å². The van der Waals surface area contributed by atoms with Gasteiger partial charge in [0.15, 0.2) is 0 Å². The predicted molar refractivity (Wildman–Crippen MR) is 121 cm³/mol. The smallest absolute Gasteiger partial charge is 0.268 e. The summed E-state index contributed by atoms with van der Waals surface area (Å²) in [6.45, 7) is 2.01. The summed E-state index contributed by atoms with van der Waals surface area (Å²) < 4.78 is 10.3. The van der Waals surface area contributed by atoms with Crippen LogP contribution in [0.25, 0.3) is 10.9 Å². The number of fused-ring (bicyclic) bond motifs is 1. The lowest BCUT2D eigenvalue weighted by Gasteiger charge is -2.19. The summed E-state index contributed by atoms with van der Waals surface area (Å²) in [6.07, 6.45) is 7.17. The van der Waals surface area contributed by atoms with Crippen molar-refractivity contribution in [2.45, 2.75) is 38.6 Å². The van der Waals surface area contributed by atoms with E-state index in [1.165, 1.54) is 5.39 Å². The fourth-order valence-corrected chi connectivity index (χ4v) is 3.72. The number of imidazole rings is 1. The minimum absolute atomic E-state index is 0.0259. The van der Waals surface area contributed by atoms with Gasteiger partial charge in [-0.15, -0.1) is 0 Å². The molecule has 0 spiro atoms. The van der Waals surface area contributed by atoms with E-state index in [0.29, 0.717) is 13.2 Å². The van der Waals surface area contributed by atoms with Gasteiger partial charge in [0, 0.05) is 31.2 Å². The highest BCUT2D eigenvalue weighted by Gasteiger charge is 2.13. The van der Waals surface area contributed by atoms with Crippen molar-refractivity contribution in [2.24, 2.45) is 5.73 Å². The molecule has 0 aliphatic heterocycles. The molecule has 4 rings (SSSR count). The predicted octanol–water partition coefficient (Wildman–Crippen LogP) is 3.58. The number of carbonyl (C=O) groups excluding carboxylic acids is 1. The number of hydrogen-bond acceptors (Lipinski definition) is 4. The normalized spacial score (nSPS) is 12.3. The van der Waals surface area contributed by atoms with Gasteiger partial charge in [-0.25, -0.2) is 4.98 Å². The highest BCUT2D eigenvalue weighted by atomic mass is 16.5. The molecule has 0 bridgehead atoms. The lowest BCUT2D eigenvalue weighted by molar-refractivity contribution is 0.0218. The van der Waals surface area contributed by atoms with Crippen LogP contribution in [0.4, 0.5) is 5.69 Å². The largest absolute Gasteiger partial charge is 0.399 e. The van der Waals surface area contributed by atoms with Crippen LogP contribution in [0.1, 0.15) is 28.9 Å². The zero-order chi connectivity index (χ0) is 21.6. The van der Waals surface area contributed by atoms with Crippen LogP contribution >= 0.6 is 0 Å². The number of nitrogens with two attached hydrogens (primary N) is 2. The van der Waals surface area contributed by atoms with E-state index < -0.39 is 5.91 Å². The summed E-state index contributed by atoms with van der Waals surface area (Å²) >= 11 is 0. The molecule has 7 heteroatoms. The van der Waals surface area contributed by atoms with Gasteiger partial charge < -0.3 is 25.3 Å². The molecule has 2 aromatic heterocycles. The monoisotopic (exact) mass is 417 g/mol. The van der Waals surface area contributed by atoms with Crippen molar-refractivity contribution >= 4 is 22.5 Å². The third-order valence-electron chi connectivity index (χ3n) is 5.35. The summed E-state index contributed by atoms with van der Waals surface area (Å²) in [5.41, 5.74) is 14.6. The molecule has 1 unspecified atom stereocenters. The van der Waals surface area contributed by atoms with E-state index in [1.54, 1.807) is 12.5 Å². The summed E-state index contributed by atoms with van der Waals surface area (Å²) in [5, 5.41) is 1.18. The molecule has 1 amide bonds. The maximum Gasteiger partial charge on any atom is 0.268 e. The first kappa shape index (κ1) is 20.7. The van der Waals surface area contributed by atoms with Gasteiger partial charge in [-0.2, -0.15) is 0 Å². The van der Waals surface area contributed by atoms with Crippen molar-refractivity contribution in [3.05, 3.63) is 84.6 Å². The highest BCUT2D eigenvalue weighted by molar-refractivity contribution is 5.90. The van der Waals surface area contributed by atoms with Crippen LogP contribution in [-0.4, -0.2) is 26.1 Å². The van der Waals surface area contributed by atoms with Gasteiger partial charge in [0.1, 0.15) is 5.69 Å². The number of benzene rings is 2. The molecule has 0 fully saturated rings. The second kappa shape index (κ2) is 9.49. The number of ether oxygens (including phenoxy) is 1. The van der Waals surface area contributed by atoms with Crippen LogP contribution in [0, 0.1) is 0 Å². The van der Waals surface area contributed by atoms with Crippen molar-refractivity contribution in [3.8, 4) is 0 Å². The Morgan fingerprint density at radius 3 is 2.74 bits per heavy atom. The van der Waals surface area contributed by atoms with E-state index in [9.17, 15) is 4.79 Å². The van der Waals surface area contributed by atoms with Crippen molar-refractivity contribution in [2.75, 3.05) is 5.73 Å². The van der Waals surface area contributed by atoms with Gasteiger partial charge in [-0.05, 0) is 42.0 Å². The lowest BCUT2D eigenvalue weighted by Crippen LogP contribution is -2.20. The molecular weight excluding hydrogens is 390 g/mol. The van der Waals surface area contributed by atoms with E-state index >= 15 is 0 Å². The second-order valence-electron chi connectivity index (χ2n) is 7.71. The molecule has 0 aliphatic carbocycles. The molecule has 31 heavy (non-hydrogen) atoms. The van der Waals surface area contributed by atoms with Crippen molar-refractivity contribution < 1.29 is 9.53 Å². The summed E-state index contributed by atoms with van der Waals surface area (Å²) in [6, 6.07) is 18.2. The van der Waals surface area contributed by atoms with Crippen molar-refractivity contribution in [1.29, 1.82) is 0 Å². The minimum Gasteiger partial charge on any atom is -0.399 e. The van der Waals surface area contributed by atoms with Crippen LogP contribution in [0.5, 0.6) is 0 Å². The fourth-order valence-electron chi connectivity index (χ4n) is 3.72. The lowest BCUT2D eigenvalue weighted by atomic mass is 10.1. The van der Waals surface area contributed by atoms with E-state index in [-0.39, 0.29) is 11.8 Å². The zero-order valence-corrected chi connectivity index (χ0v) is 17.4. The summed E-state index contributed by atoms with van der Waals surface area (Å²) in [4.78, 5) is 15.4. The Morgan fingerprint density at radius 1 is 1.13 bits per heavy atom. The van der Waals surface area contributed by atoms with Crippen LogP contribution in [0.3, 0.4) is 0 Å². The van der Waals surface area contributed by atoms with Crippen molar-refractivity contribution in [3.63, 3.8) is 0 Å². The zero-order valence-electron chi connectivity index (χ0n) is 17.4. The number of primary amides is 1. The Labute approximate surface area is 181 Å². The van der Waals surface area contributed by atoms with Gasteiger partial charge in [0.2, 0.25) is 0 Å². The number of aryl methyl sites for hydroxylation is 1. The highest BCUT2D eigenvalue weighted by Crippen LogP contribution is 2.20. The molecule has 160 valence electrons. The number of hydrogen-bond donors (Lipinski definition) is 2. The van der Waals surface area contributed by atoms with E-state index in [4.69, 9.17) is 16.2 Å². The molecule has 7 nitrogen and oxygen atoms in total. The van der Waals surface area contributed by atoms with E-state index in [0.717, 1.165) is 36.2 Å². The Morgan fingerprint density at radius 2 is 1.97 bits per heavy atom. The third kappa shape index (κ3) is 5.32. The first-order valence-electron chi connectivity index (χ1n) is 10.4. The SMILES string of the molecule is NC(=O)c1cn(CC(CCCn2ccc3ccc(N)cc32)OCc2ccccc2)cn1. The number of nitrogen functional groups attached to an aromatic ring is 1. The Kier molecular flexibility index (Phi) is 6.33. The number of anilines is 1. The Hall–Kier alpha value is -3.58. The molecule has 0 saturated heterocycles. The first-order chi connectivity index (χ1) is 15.1. The van der Waals surface area contributed by atoms with E-state index in [1.807, 2.05) is 41.0 Å². The molecule has 4 N–H and O–H groups in total. The van der Waals surface area contributed by atoms with Crippen LogP contribution in [-0.2, 0) is 24.4 Å². The number of rotatable bonds is 10. The Balaban J connectivity index is 1.41. The first-order valence-corrected chi connectivity index (χ1v) is 10.4. The minimum atomic E-state index is -0.528. The topological polar surface area (TPSA) is 101 Å². The number of carbonyl (C=O) groups is 1. The van der Waals surface area contributed by atoms with Crippen LogP contribution in [0.2, 0.25) is 0 Å². The maximum absolute atomic E-state index is 11.3. The fraction of sp³-hybridized carbons (Fsp3) is 0.250.